The Hall–Kier alpha value is -1.07. The van der Waals surface area contributed by atoms with Gasteiger partial charge >= 0.3 is 6.03 Å². The first-order valence-corrected chi connectivity index (χ1v) is 8.15. The molecule has 1 saturated carbocycles. The van der Waals surface area contributed by atoms with Gasteiger partial charge in [0, 0.05) is 12.6 Å². The minimum Gasteiger partial charge on any atom is -0.387 e. The van der Waals surface area contributed by atoms with Crippen molar-refractivity contribution in [1.82, 2.24) is 10.6 Å². The van der Waals surface area contributed by atoms with Crippen LogP contribution in [0, 0.1) is 5.41 Å². The topological polar surface area (TPSA) is 61.4 Å². The third-order valence-electron chi connectivity index (χ3n) is 4.06. The SMILES string of the molecule is CC1(C)CCC(NC(=O)NCC(O)c2ccsc2)CC1. The number of amides is 2. The second-order valence-electron chi connectivity index (χ2n) is 6.37. The summed E-state index contributed by atoms with van der Waals surface area (Å²) in [4.78, 5) is 11.8. The first-order valence-electron chi connectivity index (χ1n) is 7.21. The van der Waals surface area contributed by atoms with E-state index in [-0.39, 0.29) is 18.6 Å². The number of rotatable bonds is 4. The fourth-order valence-electron chi connectivity index (χ4n) is 2.55. The van der Waals surface area contributed by atoms with E-state index in [1.807, 2.05) is 16.8 Å². The monoisotopic (exact) mass is 296 g/mol. The molecule has 1 aromatic rings. The minimum atomic E-state index is -0.628. The van der Waals surface area contributed by atoms with Crippen LogP contribution in [0.2, 0.25) is 0 Å². The molecule has 5 heteroatoms. The van der Waals surface area contributed by atoms with Crippen LogP contribution in [0.5, 0.6) is 0 Å². The Kier molecular flexibility index (Phi) is 5.05. The zero-order valence-electron chi connectivity index (χ0n) is 12.2. The van der Waals surface area contributed by atoms with Gasteiger partial charge in [-0.05, 0) is 53.5 Å². The third-order valence-corrected chi connectivity index (χ3v) is 4.76. The zero-order chi connectivity index (χ0) is 14.6. The van der Waals surface area contributed by atoms with Crippen LogP contribution in [-0.4, -0.2) is 23.7 Å². The number of urea groups is 1. The highest BCUT2D eigenvalue weighted by molar-refractivity contribution is 7.07. The highest BCUT2D eigenvalue weighted by Crippen LogP contribution is 2.34. The molecule has 1 unspecified atom stereocenters. The maximum absolute atomic E-state index is 11.8. The second-order valence-corrected chi connectivity index (χ2v) is 7.15. The van der Waals surface area contributed by atoms with E-state index in [1.54, 1.807) is 11.3 Å². The van der Waals surface area contributed by atoms with E-state index in [9.17, 15) is 9.90 Å². The fraction of sp³-hybridized carbons (Fsp3) is 0.667. The van der Waals surface area contributed by atoms with Crippen molar-refractivity contribution in [3.05, 3.63) is 22.4 Å². The summed E-state index contributed by atoms with van der Waals surface area (Å²) in [7, 11) is 0. The molecule has 1 aliphatic rings. The molecule has 2 rings (SSSR count). The predicted molar refractivity (Wildman–Crippen MR) is 81.9 cm³/mol. The van der Waals surface area contributed by atoms with E-state index in [0.717, 1.165) is 31.2 Å². The van der Waals surface area contributed by atoms with Crippen LogP contribution in [0.15, 0.2) is 16.8 Å². The van der Waals surface area contributed by atoms with Crippen molar-refractivity contribution in [1.29, 1.82) is 0 Å². The molecule has 0 spiro atoms. The summed E-state index contributed by atoms with van der Waals surface area (Å²) in [5, 5.41) is 19.5. The molecule has 3 N–H and O–H groups in total. The van der Waals surface area contributed by atoms with Gasteiger partial charge in [-0.2, -0.15) is 11.3 Å². The normalized spacial score (nSPS) is 20.4. The van der Waals surface area contributed by atoms with Gasteiger partial charge in [0.15, 0.2) is 0 Å². The lowest BCUT2D eigenvalue weighted by atomic mass is 9.76. The lowest BCUT2D eigenvalue weighted by Gasteiger charge is -2.34. The van der Waals surface area contributed by atoms with Crippen molar-refractivity contribution < 1.29 is 9.90 Å². The molecule has 0 radical (unpaired) electrons. The van der Waals surface area contributed by atoms with Gasteiger partial charge in [0.2, 0.25) is 0 Å². The molecule has 0 aromatic carbocycles. The lowest BCUT2D eigenvalue weighted by Crippen LogP contribution is -2.45. The molecular weight excluding hydrogens is 272 g/mol. The Morgan fingerprint density at radius 3 is 2.80 bits per heavy atom. The average Bonchev–Trinajstić information content (AvgIpc) is 2.92. The average molecular weight is 296 g/mol. The maximum atomic E-state index is 11.8. The Bertz CT molecular complexity index is 421. The van der Waals surface area contributed by atoms with Gasteiger partial charge in [-0.15, -0.1) is 0 Å². The van der Waals surface area contributed by atoms with Gasteiger partial charge in [0.05, 0.1) is 6.10 Å². The van der Waals surface area contributed by atoms with E-state index >= 15 is 0 Å². The first-order chi connectivity index (χ1) is 9.46. The quantitative estimate of drug-likeness (QED) is 0.799. The number of thiophene rings is 1. The molecule has 0 bridgehead atoms. The number of hydrogen-bond acceptors (Lipinski definition) is 3. The molecule has 1 fully saturated rings. The summed E-state index contributed by atoms with van der Waals surface area (Å²) in [6, 6.07) is 1.96. The molecule has 1 heterocycles. The second kappa shape index (κ2) is 6.59. The van der Waals surface area contributed by atoms with E-state index in [2.05, 4.69) is 24.5 Å². The largest absolute Gasteiger partial charge is 0.387 e. The molecular formula is C15H24N2O2S. The number of carbonyl (C=O) groups excluding carboxylic acids is 1. The van der Waals surface area contributed by atoms with Gasteiger partial charge in [0.1, 0.15) is 0 Å². The van der Waals surface area contributed by atoms with Crippen LogP contribution < -0.4 is 10.6 Å². The molecule has 4 nitrogen and oxygen atoms in total. The minimum absolute atomic E-state index is 0.177. The van der Waals surface area contributed by atoms with Crippen LogP contribution in [-0.2, 0) is 0 Å². The van der Waals surface area contributed by atoms with Gasteiger partial charge in [-0.3, -0.25) is 0 Å². The summed E-state index contributed by atoms with van der Waals surface area (Å²) in [6.45, 7) is 4.81. The van der Waals surface area contributed by atoms with Crippen molar-refractivity contribution in [3.63, 3.8) is 0 Å². The van der Waals surface area contributed by atoms with Gasteiger partial charge in [-0.1, -0.05) is 13.8 Å². The lowest BCUT2D eigenvalue weighted by molar-refractivity contribution is 0.169. The highest BCUT2D eigenvalue weighted by atomic mass is 32.1. The maximum Gasteiger partial charge on any atom is 0.315 e. The predicted octanol–water partition coefficient (Wildman–Crippen LogP) is 3.05. The highest BCUT2D eigenvalue weighted by Gasteiger charge is 2.27. The Labute approximate surface area is 124 Å². The van der Waals surface area contributed by atoms with Crippen molar-refractivity contribution in [3.8, 4) is 0 Å². The van der Waals surface area contributed by atoms with Crippen molar-refractivity contribution >= 4 is 17.4 Å². The summed E-state index contributed by atoms with van der Waals surface area (Å²) >= 11 is 1.54. The van der Waals surface area contributed by atoms with E-state index in [4.69, 9.17) is 0 Å². The number of carbonyl (C=O) groups is 1. The van der Waals surface area contributed by atoms with Crippen LogP contribution >= 0.6 is 11.3 Å². The van der Waals surface area contributed by atoms with Crippen LogP contribution in [0.1, 0.15) is 51.2 Å². The molecule has 1 aromatic heterocycles. The smallest absolute Gasteiger partial charge is 0.315 e. The van der Waals surface area contributed by atoms with Crippen LogP contribution in [0.4, 0.5) is 4.79 Å². The Morgan fingerprint density at radius 1 is 1.50 bits per heavy atom. The van der Waals surface area contributed by atoms with Crippen LogP contribution in [0.3, 0.4) is 0 Å². The Morgan fingerprint density at radius 2 is 2.20 bits per heavy atom. The molecule has 0 saturated heterocycles. The van der Waals surface area contributed by atoms with Gasteiger partial charge in [-0.25, -0.2) is 4.79 Å². The summed E-state index contributed by atoms with van der Waals surface area (Å²) in [5.41, 5.74) is 1.26. The van der Waals surface area contributed by atoms with Crippen molar-refractivity contribution in [2.75, 3.05) is 6.54 Å². The molecule has 1 aliphatic carbocycles. The van der Waals surface area contributed by atoms with Gasteiger partial charge in [0.25, 0.3) is 0 Å². The molecule has 2 amide bonds. The van der Waals surface area contributed by atoms with Gasteiger partial charge < -0.3 is 15.7 Å². The molecule has 0 aliphatic heterocycles. The third kappa shape index (κ3) is 4.49. The number of aliphatic hydroxyl groups is 1. The van der Waals surface area contributed by atoms with E-state index < -0.39 is 6.10 Å². The summed E-state index contributed by atoms with van der Waals surface area (Å²) in [5.74, 6) is 0. The molecule has 1 atom stereocenters. The Balaban J connectivity index is 1.68. The zero-order valence-corrected chi connectivity index (χ0v) is 13.0. The fourth-order valence-corrected chi connectivity index (χ4v) is 3.26. The van der Waals surface area contributed by atoms with Crippen molar-refractivity contribution in [2.45, 2.75) is 51.7 Å². The summed E-state index contributed by atoms with van der Waals surface area (Å²) in [6.07, 6.45) is 3.74. The standard InChI is InChI=1S/C15H24N2O2S/c1-15(2)6-3-12(4-7-15)17-14(19)16-9-13(18)11-5-8-20-10-11/h5,8,10,12-13,18H,3-4,6-7,9H2,1-2H3,(H2,16,17,19). The van der Waals surface area contributed by atoms with Crippen LogP contribution in [0.25, 0.3) is 0 Å². The van der Waals surface area contributed by atoms with Crippen molar-refractivity contribution in [2.24, 2.45) is 5.41 Å². The first kappa shape index (κ1) is 15.3. The summed E-state index contributed by atoms with van der Waals surface area (Å²) < 4.78 is 0. The number of nitrogens with one attached hydrogen (secondary N) is 2. The van der Waals surface area contributed by atoms with E-state index in [1.165, 1.54) is 0 Å². The number of aliphatic hydroxyl groups excluding tert-OH is 1. The molecule has 112 valence electrons. The number of hydrogen-bond donors (Lipinski definition) is 3. The van der Waals surface area contributed by atoms with E-state index in [0.29, 0.717) is 5.41 Å². The molecule has 20 heavy (non-hydrogen) atoms.